The second kappa shape index (κ2) is 6.41. The highest BCUT2D eigenvalue weighted by Crippen LogP contribution is 2.23. The van der Waals surface area contributed by atoms with Crippen molar-refractivity contribution < 1.29 is 9.84 Å². The van der Waals surface area contributed by atoms with Gasteiger partial charge < -0.3 is 9.84 Å². The molecule has 22 heavy (non-hydrogen) atoms. The van der Waals surface area contributed by atoms with Crippen molar-refractivity contribution in [1.82, 2.24) is 15.0 Å². The predicted molar refractivity (Wildman–Crippen MR) is 85.2 cm³/mol. The van der Waals surface area contributed by atoms with E-state index in [0.29, 0.717) is 18.9 Å². The van der Waals surface area contributed by atoms with E-state index < -0.39 is 0 Å². The number of fused-ring (bicyclic) bond motifs is 1. The molecule has 1 heterocycles. The van der Waals surface area contributed by atoms with E-state index in [2.05, 4.69) is 16.8 Å². The molecular weight excluding hydrogens is 278 g/mol. The Kier molecular flexibility index (Phi) is 4.16. The van der Waals surface area contributed by atoms with E-state index in [9.17, 15) is 5.11 Å². The highest BCUT2D eigenvalue weighted by atomic mass is 16.5. The lowest BCUT2D eigenvalue weighted by Crippen LogP contribution is -2.02. The number of nitrogens with zero attached hydrogens (tertiary/aromatic N) is 3. The molecule has 5 heteroatoms. The summed E-state index contributed by atoms with van der Waals surface area (Å²) >= 11 is 0. The van der Waals surface area contributed by atoms with Gasteiger partial charge in [-0.2, -0.15) is 0 Å². The summed E-state index contributed by atoms with van der Waals surface area (Å²) in [5.74, 6) is 0.149. The lowest BCUT2D eigenvalue weighted by Gasteiger charge is -2.07. The van der Waals surface area contributed by atoms with Gasteiger partial charge in [0.2, 0.25) is 0 Å². The highest BCUT2D eigenvalue weighted by molar-refractivity contribution is 5.73. The van der Waals surface area contributed by atoms with E-state index in [1.807, 2.05) is 36.4 Å². The van der Waals surface area contributed by atoms with Crippen molar-refractivity contribution in [3.8, 4) is 11.4 Å². The molecule has 1 aromatic heterocycles. The van der Waals surface area contributed by atoms with Gasteiger partial charge in [0.25, 0.3) is 0 Å². The van der Waals surface area contributed by atoms with Crippen LogP contribution in [0, 0.1) is 0 Å². The normalized spacial score (nSPS) is 10.9. The quantitative estimate of drug-likeness (QED) is 0.561. The first-order chi connectivity index (χ1) is 10.8. The predicted octanol–water partition coefficient (Wildman–Crippen LogP) is 2.87. The fraction of sp³-hybridized carbons (Fsp3) is 0.176. The van der Waals surface area contributed by atoms with Crippen LogP contribution in [0.15, 0.2) is 55.1 Å². The Morgan fingerprint density at radius 1 is 1.14 bits per heavy atom. The molecule has 0 saturated carbocycles. The van der Waals surface area contributed by atoms with Crippen molar-refractivity contribution in [2.75, 3.05) is 13.2 Å². The third-order valence-corrected chi connectivity index (χ3v) is 3.31. The van der Waals surface area contributed by atoms with Crippen LogP contribution in [-0.2, 0) is 11.2 Å². The Morgan fingerprint density at radius 2 is 1.86 bits per heavy atom. The Morgan fingerprint density at radius 3 is 2.55 bits per heavy atom. The first-order valence-corrected chi connectivity index (χ1v) is 7.11. The third-order valence-electron chi connectivity index (χ3n) is 3.31. The molecule has 3 aromatic rings. The summed E-state index contributed by atoms with van der Waals surface area (Å²) in [5, 5.41) is 18.9. The molecule has 0 aliphatic carbocycles. The average molecular weight is 295 g/mol. The summed E-state index contributed by atoms with van der Waals surface area (Å²) in [5.41, 5.74) is 3.21. The molecule has 0 aliphatic heterocycles. The Hall–Kier alpha value is -2.66. The Balaban J connectivity index is 1.87. The molecule has 0 bridgehead atoms. The van der Waals surface area contributed by atoms with Crippen LogP contribution in [0.4, 0.5) is 0 Å². The molecule has 112 valence electrons. The molecule has 0 aliphatic rings. The number of hydrogen-bond donors (Lipinski definition) is 1. The SMILES string of the molecule is C=CCOCCc1ccc(O)c(-n2nc3ccccc3n2)c1. The number of rotatable bonds is 6. The van der Waals surface area contributed by atoms with Gasteiger partial charge in [0, 0.05) is 0 Å². The number of aromatic nitrogens is 3. The van der Waals surface area contributed by atoms with Crippen molar-refractivity contribution in [1.29, 1.82) is 0 Å². The van der Waals surface area contributed by atoms with E-state index in [1.165, 1.54) is 4.80 Å². The molecule has 1 N–H and O–H groups in total. The van der Waals surface area contributed by atoms with Crippen LogP contribution in [0.2, 0.25) is 0 Å². The summed E-state index contributed by atoms with van der Waals surface area (Å²) in [6.45, 7) is 4.75. The fourth-order valence-electron chi connectivity index (χ4n) is 2.21. The smallest absolute Gasteiger partial charge is 0.143 e. The van der Waals surface area contributed by atoms with Crippen LogP contribution in [0.25, 0.3) is 16.7 Å². The van der Waals surface area contributed by atoms with Gasteiger partial charge in [0.15, 0.2) is 0 Å². The topological polar surface area (TPSA) is 60.2 Å². The zero-order valence-corrected chi connectivity index (χ0v) is 12.1. The number of ether oxygens (including phenoxy) is 1. The monoisotopic (exact) mass is 295 g/mol. The number of phenolic OH excluding ortho intramolecular Hbond substituents is 1. The lowest BCUT2D eigenvalue weighted by molar-refractivity contribution is 0.166. The molecule has 0 fully saturated rings. The van der Waals surface area contributed by atoms with Crippen LogP contribution in [0.5, 0.6) is 5.75 Å². The van der Waals surface area contributed by atoms with E-state index in [-0.39, 0.29) is 5.75 Å². The maximum absolute atomic E-state index is 10.1. The van der Waals surface area contributed by atoms with Crippen molar-refractivity contribution in [3.63, 3.8) is 0 Å². The molecule has 0 radical (unpaired) electrons. The first kappa shape index (κ1) is 14.3. The molecule has 0 unspecified atom stereocenters. The summed E-state index contributed by atoms with van der Waals surface area (Å²) < 4.78 is 5.39. The molecule has 0 spiro atoms. The summed E-state index contributed by atoms with van der Waals surface area (Å²) in [4.78, 5) is 1.47. The lowest BCUT2D eigenvalue weighted by atomic mass is 10.1. The van der Waals surface area contributed by atoms with E-state index in [1.54, 1.807) is 12.1 Å². The second-order valence-electron chi connectivity index (χ2n) is 4.91. The van der Waals surface area contributed by atoms with Crippen molar-refractivity contribution in [3.05, 3.63) is 60.7 Å². The van der Waals surface area contributed by atoms with Gasteiger partial charge in [-0.3, -0.25) is 0 Å². The molecule has 0 atom stereocenters. The molecule has 0 saturated heterocycles. The van der Waals surface area contributed by atoms with E-state index >= 15 is 0 Å². The van der Waals surface area contributed by atoms with E-state index in [4.69, 9.17) is 4.74 Å². The van der Waals surface area contributed by atoms with Gasteiger partial charge in [-0.1, -0.05) is 24.3 Å². The van der Waals surface area contributed by atoms with Crippen LogP contribution < -0.4 is 0 Å². The summed E-state index contributed by atoms with van der Waals surface area (Å²) in [6, 6.07) is 13.0. The Bertz CT molecular complexity index is 762. The summed E-state index contributed by atoms with van der Waals surface area (Å²) in [7, 11) is 0. The summed E-state index contributed by atoms with van der Waals surface area (Å²) in [6.07, 6.45) is 2.48. The van der Waals surface area contributed by atoms with Gasteiger partial charge in [0.1, 0.15) is 22.5 Å². The zero-order valence-electron chi connectivity index (χ0n) is 12.1. The standard InChI is InChI=1S/C17H17N3O2/c1-2-10-22-11-9-13-7-8-17(21)16(12-13)20-18-14-5-3-4-6-15(14)19-20/h2-8,12,21H,1,9-11H2. The maximum atomic E-state index is 10.1. The minimum absolute atomic E-state index is 0.149. The van der Waals surface area contributed by atoms with Gasteiger partial charge in [0.05, 0.1) is 13.2 Å². The van der Waals surface area contributed by atoms with Gasteiger partial charge in [-0.15, -0.1) is 21.6 Å². The highest BCUT2D eigenvalue weighted by Gasteiger charge is 2.09. The molecular formula is C17H17N3O2. The van der Waals surface area contributed by atoms with E-state index in [0.717, 1.165) is 23.0 Å². The number of benzene rings is 2. The third kappa shape index (κ3) is 2.99. The van der Waals surface area contributed by atoms with Crippen LogP contribution in [0.3, 0.4) is 0 Å². The maximum Gasteiger partial charge on any atom is 0.143 e. The average Bonchev–Trinajstić information content (AvgIpc) is 2.97. The number of hydrogen-bond acceptors (Lipinski definition) is 4. The van der Waals surface area contributed by atoms with Gasteiger partial charge >= 0.3 is 0 Å². The molecule has 0 amide bonds. The fourth-order valence-corrected chi connectivity index (χ4v) is 2.21. The Labute approximate surface area is 128 Å². The molecule has 3 rings (SSSR count). The van der Waals surface area contributed by atoms with Crippen LogP contribution >= 0.6 is 0 Å². The zero-order chi connectivity index (χ0) is 15.4. The minimum atomic E-state index is 0.149. The second-order valence-corrected chi connectivity index (χ2v) is 4.91. The molecule has 5 nitrogen and oxygen atoms in total. The first-order valence-electron chi connectivity index (χ1n) is 7.11. The van der Waals surface area contributed by atoms with Crippen molar-refractivity contribution in [2.45, 2.75) is 6.42 Å². The van der Waals surface area contributed by atoms with Crippen LogP contribution in [0.1, 0.15) is 5.56 Å². The minimum Gasteiger partial charge on any atom is -0.506 e. The van der Waals surface area contributed by atoms with Crippen LogP contribution in [-0.4, -0.2) is 33.3 Å². The molecule has 2 aromatic carbocycles. The van der Waals surface area contributed by atoms with Gasteiger partial charge in [-0.05, 0) is 36.2 Å². The van der Waals surface area contributed by atoms with Crippen molar-refractivity contribution in [2.24, 2.45) is 0 Å². The van der Waals surface area contributed by atoms with Gasteiger partial charge in [-0.25, -0.2) is 0 Å². The number of aromatic hydroxyl groups is 1. The largest absolute Gasteiger partial charge is 0.506 e. The van der Waals surface area contributed by atoms with Crippen molar-refractivity contribution >= 4 is 11.0 Å². The number of phenols is 1.